The van der Waals surface area contributed by atoms with Crippen LogP contribution < -0.4 is 15.4 Å². The number of amides is 4. The molecule has 3 rings (SSSR count). The number of hydrogen-bond donors (Lipinski definition) is 2. The lowest BCUT2D eigenvalue weighted by atomic mass is 9.93. The van der Waals surface area contributed by atoms with Crippen molar-refractivity contribution in [1.29, 1.82) is 0 Å². The first kappa shape index (κ1) is 22.3. The van der Waals surface area contributed by atoms with Gasteiger partial charge in [-0.05, 0) is 43.5 Å². The lowest BCUT2D eigenvalue weighted by Gasteiger charge is -2.23. The van der Waals surface area contributed by atoms with Gasteiger partial charge in [-0.3, -0.25) is 19.5 Å². The molecule has 0 spiro atoms. The number of ether oxygens (including phenoxy) is 1. The van der Waals surface area contributed by atoms with E-state index in [4.69, 9.17) is 4.74 Å². The molecule has 2 N–H and O–H groups in total. The number of benzene rings is 1. The fourth-order valence-corrected chi connectivity index (χ4v) is 3.57. The van der Waals surface area contributed by atoms with E-state index in [0.717, 1.165) is 16.0 Å². The van der Waals surface area contributed by atoms with E-state index < -0.39 is 17.5 Å². The summed E-state index contributed by atoms with van der Waals surface area (Å²) in [6, 6.07) is 10.4. The Kier molecular flexibility index (Phi) is 6.89. The molecule has 1 aromatic heterocycles. The van der Waals surface area contributed by atoms with E-state index in [1.165, 1.54) is 0 Å². The van der Waals surface area contributed by atoms with Crippen molar-refractivity contribution >= 4 is 17.8 Å². The van der Waals surface area contributed by atoms with Gasteiger partial charge >= 0.3 is 6.03 Å². The molecule has 0 aliphatic carbocycles. The monoisotopic (exact) mass is 424 g/mol. The van der Waals surface area contributed by atoms with Gasteiger partial charge in [-0.15, -0.1) is 0 Å². The maximum absolute atomic E-state index is 12.6. The van der Waals surface area contributed by atoms with E-state index in [-0.39, 0.29) is 18.5 Å². The summed E-state index contributed by atoms with van der Waals surface area (Å²) in [6.07, 6.45) is 4.43. The molecule has 164 valence electrons. The highest BCUT2D eigenvalue weighted by Crippen LogP contribution is 2.25. The highest BCUT2D eigenvalue weighted by Gasteiger charge is 2.49. The number of nitrogens with one attached hydrogen (secondary N) is 2. The molecule has 1 fully saturated rings. The van der Waals surface area contributed by atoms with Crippen LogP contribution in [-0.4, -0.2) is 39.8 Å². The van der Waals surface area contributed by atoms with Gasteiger partial charge in [-0.1, -0.05) is 32.0 Å². The Morgan fingerprint density at radius 1 is 1.19 bits per heavy atom. The summed E-state index contributed by atoms with van der Waals surface area (Å²) >= 11 is 0. The number of urea groups is 1. The highest BCUT2D eigenvalue weighted by molar-refractivity contribution is 6.09. The van der Waals surface area contributed by atoms with Gasteiger partial charge in [0.2, 0.25) is 5.91 Å². The molecule has 2 heterocycles. The van der Waals surface area contributed by atoms with Gasteiger partial charge in [0, 0.05) is 18.0 Å². The third kappa shape index (κ3) is 5.02. The van der Waals surface area contributed by atoms with Gasteiger partial charge in [0.25, 0.3) is 5.91 Å². The molecule has 1 aliphatic heterocycles. The number of nitrogens with zero attached hydrogens (tertiary/aromatic N) is 2. The van der Waals surface area contributed by atoms with Gasteiger partial charge in [-0.2, -0.15) is 0 Å². The topological polar surface area (TPSA) is 101 Å². The van der Waals surface area contributed by atoms with Crippen molar-refractivity contribution in [3.05, 3.63) is 59.9 Å². The summed E-state index contributed by atoms with van der Waals surface area (Å²) < 4.78 is 5.74. The first-order valence-corrected chi connectivity index (χ1v) is 10.4. The first-order valence-electron chi connectivity index (χ1n) is 10.4. The van der Waals surface area contributed by atoms with Crippen molar-refractivity contribution in [2.24, 2.45) is 0 Å². The summed E-state index contributed by atoms with van der Waals surface area (Å²) in [5, 5.41) is 5.57. The number of rotatable bonds is 9. The Labute approximate surface area is 182 Å². The minimum Gasteiger partial charge on any atom is -0.489 e. The molecule has 1 aromatic carbocycles. The zero-order chi connectivity index (χ0) is 22.4. The molecule has 0 radical (unpaired) electrons. The molecule has 31 heavy (non-hydrogen) atoms. The summed E-state index contributed by atoms with van der Waals surface area (Å²) in [6.45, 7) is 5.65. The fraction of sp³-hybridized carbons (Fsp3) is 0.391. The van der Waals surface area contributed by atoms with Crippen LogP contribution in [0, 0.1) is 0 Å². The van der Waals surface area contributed by atoms with E-state index in [1.54, 1.807) is 12.4 Å². The number of imide groups is 1. The van der Waals surface area contributed by atoms with E-state index in [0.29, 0.717) is 25.2 Å². The smallest absolute Gasteiger partial charge is 0.325 e. The molecule has 2 aromatic rings. The van der Waals surface area contributed by atoms with Gasteiger partial charge in [-0.25, -0.2) is 4.79 Å². The van der Waals surface area contributed by atoms with Crippen LogP contribution in [0.15, 0.2) is 48.8 Å². The van der Waals surface area contributed by atoms with Crippen LogP contribution in [0.4, 0.5) is 4.79 Å². The van der Waals surface area contributed by atoms with Crippen LogP contribution in [0.2, 0.25) is 0 Å². The summed E-state index contributed by atoms with van der Waals surface area (Å²) in [7, 11) is 0. The van der Waals surface area contributed by atoms with Gasteiger partial charge in [0.1, 0.15) is 24.4 Å². The SMILES string of the molecule is CCC1(CC)NC(=O)N(CC(=O)NC(C)c2ccc(OCc3cccnc3)cc2)C1=O. The van der Waals surface area contributed by atoms with E-state index >= 15 is 0 Å². The molecule has 1 saturated heterocycles. The zero-order valence-corrected chi connectivity index (χ0v) is 18.1. The van der Waals surface area contributed by atoms with E-state index in [2.05, 4.69) is 15.6 Å². The van der Waals surface area contributed by atoms with Crippen LogP contribution in [0.5, 0.6) is 5.75 Å². The molecule has 4 amide bonds. The van der Waals surface area contributed by atoms with Gasteiger partial charge in [0.15, 0.2) is 0 Å². The Bertz CT molecular complexity index is 926. The molecule has 8 nitrogen and oxygen atoms in total. The molecule has 8 heteroatoms. The lowest BCUT2D eigenvalue weighted by Crippen LogP contribution is -2.46. The zero-order valence-electron chi connectivity index (χ0n) is 18.1. The Morgan fingerprint density at radius 2 is 1.90 bits per heavy atom. The maximum Gasteiger partial charge on any atom is 0.325 e. The highest BCUT2D eigenvalue weighted by atomic mass is 16.5. The van der Waals surface area contributed by atoms with Crippen molar-refractivity contribution in [3.63, 3.8) is 0 Å². The number of hydrogen-bond acceptors (Lipinski definition) is 5. The van der Waals surface area contributed by atoms with Crippen molar-refractivity contribution in [2.45, 2.75) is 51.8 Å². The quantitative estimate of drug-likeness (QED) is 0.603. The molecule has 1 atom stereocenters. The van der Waals surface area contributed by atoms with Crippen molar-refractivity contribution < 1.29 is 19.1 Å². The number of pyridine rings is 1. The Balaban J connectivity index is 1.54. The minimum absolute atomic E-state index is 0.289. The largest absolute Gasteiger partial charge is 0.489 e. The van der Waals surface area contributed by atoms with Crippen LogP contribution in [0.1, 0.15) is 50.8 Å². The number of carbonyl (C=O) groups excluding carboxylic acids is 3. The van der Waals surface area contributed by atoms with Crippen LogP contribution >= 0.6 is 0 Å². The number of aromatic nitrogens is 1. The number of carbonyl (C=O) groups is 3. The Hall–Kier alpha value is -3.42. The average molecular weight is 425 g/mol. The molecule has 0 bridgehead atoms. The predicted molar refractivity (Wildman–Crippen MR) is 115 cm³/mol. The molecular formula is C23H28N4O4. The third-order valence-electron chi connectivity index (χ3n) is 5.64. The lowest BCUT2D eigenvalue weighted by molar-refractivity contribution is -0.135. The standard InChI is InChI=1S/C23H28N4O4/c1-4-23(5-2)21(29)27(22(30)26-23)14-20(28)25-16(3)18-8-10-19(11-9-18)31-15-17-7-6-12-24-13-17/h6-13,16H,4-5,14-15H2,1-3H3,(H,25,28)(H,26,30). The summed E-state index contributed by atoms with van der Waals surface area (Å²) in [4.78, 5) is 42.4. The molecule has 1 unspecified atom stereocenters. The second-order valence-electron chi connectivity index (χ2n) is 7.62. The third-order valence-corrected chi connectivity index (χ3v) is 5.64. The van der Waals surface area contributed by atoms with Crippen LogP contribution in [-0.2, 0) is 16.2 Å². The maximum atomic E-state index is 12.6. The first-order chi connectivity index (χ1) is 14.9. The fourth-order valence-electron chi connectivity index (χ4n) is 3.57. The van der Waals surface area contributed by atoms with Gasteiger partial charge < -0.3 is 15.4 Å². The van der Waals surface area contributed by atoms with E-state index in [9.17, 15) is 14.4 Å². The second kappa shape index (κ2) is 9.59. The normalized spacial score (nSPS) is 16.0. The van der Waals surface area contributed by atoms with E-state index in [1.807, 2.05) is 57.2 Å². The molecule has 1 aliphatic rings. The summed E-state index contributed by atoms with van der Waals surface area (Å²) in [5.41, 5.74) is 0.952. The van der Waals surface area contributed by atoms with Crippen LogP contribution in [0.25, 0.3) is 0 Å². The molecular weight excluding hydrogens is 396 g/mol. The van der Waals surface area contributed by atoms with Crippen molar-refractivity contribution in [2.75, 3.05) is 6.54 Å². The van der Waals surface area contributed by atoms with Crippen LogP contribution in [0.3, 0.4) is 0 Å². The predicted octanol–water partition coefficient (Wildman–Crippen LogP) is 2.95. The Morgan fingerprint density at radius 3 is 2.48 bits per heavy atom. The summed E-state index contributed by atoms with van der Waals surface area (Å²) in [5.74, 6) is -0.0303. The minimum atomic E-state index is -0.908. The van der Waals surface area contributed by atoms with Crippen molar-refractivity contribution in [3.8, 4) is 5.75 Å². The van der Waals surface area contributed by atoms with Gasteiger partial charge in [0.05, 0.1) is 6.04 Å². The van der Waals surface area contributed by atoms with Crippen molar-refractivity contribution in [1.82, 2.24) is 20.5 Å². The molecule has 0 saturated carbocycles. The average Bonchev–Trinajstić information content (AvgIpc) is 3.03. The second-order valence-corrected chi connectivity index (χ2v) is 7.62.